The molecule has 1 atom stereocenters. The molecule has 0 spiro atoms. The Hall–Kier alpha value is -3.13. The van der Waals surface area contributed by atoms with Gasteiger partial charge in [-0.25, -0.2) is 5.43 Å². The Bertz CT molecular complexity index is 715. The lowest BCUT2D eigenvalue weighted by Gasteiger charge is -2.11. The number of nitrogens with zero attached hydrogens (tertiary/aromatic N) is 3. The van der Waals surface area contributed by atoms with Gasteiger partial charge in [-0.1, -0.05) is 42.5 Å². The summed E-state index contributed by atoms with van der Waals surface area (Å²) in [6.07, 6.45) is 1.55. The van der Waals surface area contributed by atoms with Crippen LogP contribution in [0.2, 0.25) is 0 Å². The molecule has 5 heteroatoms. The average Bonchev–Trinajstić information content (AvgIpc) is 2.57. The Kier molecular flexibility index (Phi) is 5.48. The molecule has 0 unspecified atom stereocenters. The lowest BCUT2D eigenvalue weighted by Crippen LogP contribution is -2.24. The van der Waals surface area contributed by atoms with Crippen molar-refractivity contribution in [2.45, 2.75) is 5.92 Å². The van der Waals surface area contributed by atoms with Crippen LogP contribution in [0.25, 0.3) is 0 Å². The minimum absolute atomic E-state index is 0.445. The van der Waals surface area contributed by atoms with E-state index in [2.05, 4.69) is 10.5 Å². The molecule has 0 aliphatic rings. The van der Waals surface area contributed by atoms with Gasteiger partial charge in [0.15, 0.2) is 5.92 Å². The second kappa shape index (κ2) is 7.76. The molecule has 2 aromatic carbocycles. The molecule has 0 saturated heterocycles. The Morgan fingerprint density at radius 1 is 1.17 bits per heavy atom. The molecule has 0 aromatic heterocycles. The first kappa shape index (κ1) is 16.2. The van der Waals surface area contributed by atoms with Crippen LogP contribution in [0.15, 0.2) is 59.7 Å². The Morgan fingerprint density at radius 2 is 1.83 bits per heavy atom. The summed E-state index contributed by atoms with van der Waals surface area (Å²) < 4.78 is 0. The molecule has 1 N–H and O–H groups in total. The van der Waals surface area contributed by atoms with Crippen LogP contribution >= 0.6 is 0 Å². The monoisotopic (exact) mass is 306 g/mol. The van der Waals surface area contributed by atoms with E-state index < -0.39 is 11.8 Å². The van der Waals surface area contributed by atoms with Crippen LogP contribution in [0.4, 0.5) is 5.69 Å². The van der Waals surface area contributed by atoms with Crippen LogP contribution in [0.3, 0.4) is 0 Å². The van der Waals surface area contributed by atoms with Crippen molar-refractivity contribution in [1.82, 2.24) is 5.43 Å². The molecular weight excluding hydrogens is 288 g/mol. The van der Waals surface area contributed by atoms with Gasteiger partial charge >= 0.3 is 0 Å². The van der Waals surface area contributed by atoms with Gasteiger partial charge in [-0.05, 0) is 23.3 Å². The summed E-state index contributed by atoms with van der Waals surface area (Å²) >= 11 is 0. The number of amides is 1. The summed E-state index contributed by atoms with van der Waals surface area (Å²) in [4.78, 5) is 14.1. The molecule has 0 saturated carbocycles. The minimum Gasteiger partial charge on any atom is -0.378 e. The highest BCUT2D eigenvalue weighted by Crippen LogP contribution is 2.14. The molecule has 0 radical (unpaired) electrons. The maximum Gasteiger partial charge on any atom is 0.261 e. The van der Waals surface area contributed by atoms with Gasteiger partial charge in [0, 0.05) is 19.8 Å². The Morgan fingerprint density at radius 3 is 2.39 bits per heavy atom. The number of hydrogen-bond donors (Lipinski definition) is 1. The smallest absolute Gasteiger partial charge is 0.261 e. The van der Waals surface area contributed by atoms with Crippen molar-refractivity contribution in [3.05, 3.63) is 65.7 Å². The van der Waals surface area contributed by atoms with Crippen molar-refractivity contribution in [1.29, 1.82) is 5.26 Å². The van der Waals surface area contributed by atoms with Crippen molar-refractivity contribution in [2.24, 2.45) is 5.10 Å². The van der Waals surface area contributed by atoms with E-state index in [4.69, 9.17) is 0 Å². The van der Waals surface area contributed by atoms with Gasteiger partial charge in [0.25, 0.3) is 5.91 Å². The molecule has 1 amide bonds. The SMILES string of the molecule is CN(C)c1ccc(/C=N\NC(=O)[C@H](C#N)c2ccccc2)cc1. The van der Waals surface area contributed by atoms with Crippen LogP contribution in [-0.2, 0) is 4.79 Å². The first-order chi connectivity index (χ1) is 11.1. The molecule has 23 heavy (non-hydrogen) atoms. The van der Waals surface area contributed by atoms with Crippen LogP contribution < -0.4 is 10.3 Å². The number of rotatable bonds is 5. The fraction of sp³-hybridized carbons (Fsp3) is 0.167. The van der Waals surface area contributed by atoms with E-state index in [1.807, 2.05) is 55.4 Å². The zero-order chi connectivity index (χ0) is 16.7. The van der Waals surface area contributed by atoms with E-state index in [1.165, 1.54) is 0 Å². The summed E-state index contributed by atoms with van der Waals surface area (Å²) in [5.41, 5.74) is 5.01. The van der Waals surface area contributed by atoms with Crippen molar-refractivity contribution in [3.8, 4) is 6.07 Å². The number of anilines is 1. The maximum atomic E-state index is 12.1. The van der Waals surface area contributed by atoms with Crippen LogP contribution in [0.5, 0.6) is 0 Å². The van der Waals surface area contributed by atoms with Gasteiger partial charge in [0.1, 0.15) is 0 Å². The summed E-state index contributed by atoms with van der Waals surface area (Å²) in [6.45, 7) is 0. The van der Waals surface area contributed by atoms with E-state index >= 15 is 0 Å². The highest BCUT2D eigenvalue weighted by Gasteiger charge is 2.19. The van der Waals surface area contributed by atoms with Gasteiger partial charge in [0.05, 0.1) is 12.3 Å². The van der Waals surface area contributed by atoms with Gasteiger partial charge in [0.2, 0.25) is 0 Å². The molecule has 2 aromatic rings. The number of hydrazone groups is 1. The summed E-state index contributed by atoms with van der Waals surface area (Å²) in [7, 11) is 3.93. The lowest BCUT2D eigenvalue weighted by atomic mass is 10.0. The van der Waals surface area contributed by atoms with Crippen LogP contribution in [0, 0.1) is 11.3 Å². The van der Waals surface area contributed by atoms with Gasteiger partial charge in [-0.15, -0.1) is 0 Å². The van der Waals surface area contributed by atoms with Crippen molar-refractivity contribution in [3.63, 3.8) is 0 Å². The molecule has 0 fully saturated rings. The number of nitriles is 1. The lowest BCUT2D eigenvalue weighted by molar-refractivity contribution is -0.121. The van der Waals surface area contributed by atoms with E-state index in [1.54, 1.807) is 30.5 Å². The largest absolute Gasteiger partial charge is 0.378 e. The standard InChI is InChI=1S/C18H18N4O/c1-22(2)16-10-8-14(9-11-16)13-20-21-18(23)17(12-19)15-6-4-3-5-7-15/h3-11,13,17H,1-2H3,(H,21,23)/b20-13-/t17-/m1/s1. The van der Waals surface area contributed by atoms with Crippen LogP contribution in [-0.4, -0.2) is 26.2 Å². The topological polar surface area (TPSA) is 68.5 Å². The first-order valence-electron chi connectivity index (χ1n) is 7.16. The maximum absolute atomic E-state index is 12.1. The average molecular weight is 306 g/mol. The number of carbonyl (C=O) groups is 1. The second-order valence-electron chi connectivity index (χ2n) is 5.19. The zero-order valence-corrected chi connectivity index (χ0v) is 13.1. The van der Waals surface area contributed by atoms with Gasteiger partial charge in [-0.2, -0.15) is 10.4 Å². The van der Waals surface area contributed by atoms with E-state index in [-0.39, 0.29) is 0 Å². The molecule has 0 bridgehead atoms. The summed E-state index contributed by atoms with van der Waals surface area (Å²) in [5.74, 6) is -1.32. The molecule has 116 valence electrons. The number of hydrogen-bond acceptors (Lipinski definition) is 4. The van der Waals surface area contributed by atoms with Crippen molar-refractivity contribution < 1.29 is 4.79 Å². The van der Waals surface area contributed by atoms with Crippen molar-refractivity contribution >= 4 is 17.8 Å². The molecule has 5 nitrogen and oxygen atoms in total. The third-order valence-electron chi connectivity index (χ3n) is 3.32. The van der Waals surface area contributed by atoms with Crippen molar-refractivity contribution in [2.75, 3.05) is 19.0 Å². The van der Waals surface area contributed by atoms with Gasteiger partial charge in [-0.3, -0.25) is 4.79 Å². The highest BCUT2D eigenvalue weighted by molar-refractivity contribution is 5.88. The third kappa shape index (κ3) is 4.42. The fourth-order valence-electron chi connectivity index (χ4n) is 2.02. The number of carbonyl (C=O) groups excluding carboxylic acids is 1. The Labute approximate surface area is 135 Å². The fourth-order valence-corrected chi connectivity index (χ4v) is 2.02. The third-order valence-corrected chi connectivity index (χ3v) is 3.32. The number of nitrogens with one attached hydrogen (secondary N) is 1. The van der Waals surface area contributed by atoms with Crippen LogP contribution in [0.1, 0.15) is 17.0 Å². The molecular formula is C18H18N4O. The van der Waals surface area contributed by atoms with E-state index in [0.717, 1.165) is 11.3 Å². The summed E-state index contributed by atoms with van der Waals surface area (Å²) in [5, 5.41) is 13.1. The summed E-state index contributed by atoms with van der Waals surface area (Å²) in [6, 6.07) is 18.7. The normalized spacial score (nSPS) is 11.7. The highest BCUT2D eigenvalue weighted by atomic mass is 16.2. The van der Waals surface area contributed by atoms with E-state index in [0.29, 0.717) is 5.56 Å². The quantitative estimate of drug-likeness (QED) is 0.681. The van der Waals surface area contributed by atoms with E-state index in [9.17, 15) is 10.1 Å². The molecule has 2 rings (SSSR count). The molecule has 0 aliphatic heterocycles. The second-order valence-corrected chi connectivity index (χ2v) is 5.19. The predicted octanol–water partition coefficient (Wildman–Crippen LogP) is 2.51. The minimum atomic E-state index is -0.871. The predicted molar refractivity (Wildman–Crippen MR) is 91.3 cm³/mol. The molecule has 0 aliphatic carbocycles. The first-order valence-corrected chi connectivity index (χ1v) is 7.16. The number of benzene rings is 2. The van der Waals surface area contributed by atoms with Gasteiger partial charge < -0.3 is 4.90 Å². The molecule has 0 heterocycles. The zero-order valence-electron chi connectivity index (χ0n) is 13.1. The Balaban J connectivity index is 1.99.